The number of H-pyrrole nitrogens is 1. The number of nitrogens with one attached hydrogen (secondary N) is 1. The molecule has 2 heterocycles. The number of aromatic amines is 1. The molecule has 9 heteroatoms. The Hall–Kier alpha value is -2.51. The molecule has 1 fully saturated rings. The largest absolute Gasteiger partial charge is 0.367 e. The third-order valence-electron chi connectivity index (χ3n) is 6.84. The summed E-state index contributed by atoms with van der Waals surface area (Å²) in [7, 11) is 0. The Kier molecular flexibility index (Phi) is 7.24. The van der Waals surface area contributed by atoms with Gasteiger partial charge in [-0.1, -0.05) is 49.4 Å². The first-order valence-electron chi connectivity index (χ1n) is 12.0. The summed E-state index contributed by atoms with van der Waals surface area (Å²) in [5.74, 6) is -0.662. The van der Waals surface area contributed by atoms with Crippen LogP contribution in [0, 0.1) is 0 Å². The molecule has 1 aliphatic heterocycles. The van der Waals surface area contributed by atoms with Gasteiger partial charge in [-0.05, 0) is 51.3 Å². The van der Waals surface area contributed by atoms with E-state index in [1.54, 1.807) is 18.2 Å². The van der Waals surface area contributed by atoms with Gasteiger partial charge in [0.25, 0.3) is 17.4 Å². The van der Waals surface area contributed by atoms with Crippen molar-refractivity contribution >= 4 is 40.6 Å². The SMILES string of the molecule is CCc1[nH]n(-c2ccc(Cl)c(Cl)c2)c(=O)c1C1=C(N(CC)CC)C(=O)N(C2CCCCC2)C1=O. The number of nitrogens with zero attached hydrogens (tertiary/aromatic N) is 3. The highest BCUT2D eigenvalue weighted by Crippen LogP contribution is 2.36. The third kappa shape index (κ3) is 4.09. The van der Waals surface area contributed by atoms with Gasteiger partial charge in [-0.15, -0.1) is 0 Å². The van der Waals surface area contributed by atoms with Crippen molar-refractivity contribution in [3.63, 3.8) is 0 Å². The first kappa shape index (κ1) is 24.6. The molecule has 0 bridgehead atoms. The van der Waals surface area contributed by atoms with Crippen LogP contribution in [0.1, 0.15) is 64.1 Å². The van der Waals surface area contributed by atoms with Crippen LogP contribution in [0.5, 0.6) is 0 Å². The van der Waals surface area contributed by atoms with E-state index in [1.807, 2.05) is 25.7 Å². The van der Waals surface area contributed by atoms with Crippen molar-refractivity contribution in [3.05, 3.63) is 55.6 Å². The van der Waals surface area contributed by atoms with Crippen LogP contribution in [-0.2, 0) is 16.0 Å². The number of imide groups is 1. The molecule has 0 unspecified atom stereocenters. The summed E-state index contributed by atoms with van der Waals surface area (Å²) >= 11 is 12.2. The molecule has 34 heavy (non-hydrogen) atoms. The summed E-state index contributed by atoms with van der Waals surface area (Å²) in [6.45, 7) is 6.91. The quantitative estimate of drug-likeness (QED) is 0.549. The summed E-state index contributed by atoms with van der Waals surface area (Å²) in [5.41, 5.74) is 1.51. The maximum Gasteiger partial charge on any atom is 0.279 e. The van der Waals surface area contributed by atoms with Gasteiger partial charge in [0.2, 0.25) is 0 Å². The average Bonchev–Trinajstić information content (AvgIpc) is 3.29. The van der Waals surface area contributed by atoms with Crippen molar-refractivity contribution < 1.29 is 9.59 Å². The van der Waals surface area contributed by atoms with Crippen molar-refractivity contribution in [2.24, 2.45) is 0 Å². The number of aromatic nitrogens is 2. The second-order valence-electron chi connectivity index (χ2n) is 8.73. The minimum atomic E-state index is -0.387. The molecule has 0 atom stereocenters. The Bertz CT molecular complexity index is 1200. The first-order chi connectivity index (χ1) is 16.3. The highest BCUT2D eigenvalue weighted by molar-refractivity contribution is 6.42. The van der Waals surface area contributed by atoms with E-state index in [2.05, 4.69) is 5.10 Å². The lowest BCUT2D eigenvalue weighted by Gasteiger charge is -2.30. The molecule has 1 saturated carbocycles. The summed E-state index contributed by atoms with van der Waals surface area (Å²) in [5, 5.41) is 3.83. The van der Waals surface area contributed by atoms with Gasteiger partial charge in [0.1, 0.15) is 5.70 Å². The molecule has 2 aliphatic rings. The molecular formula is C25H30Cl2N4O3. The zero-order chi connectivity index (χ0) is 24.6. The molecule has 2 amide bonds. The zero-order valence-electron chi connectivity index (χ0n) is 19.8. The molecule has 4 rings (SSSR count). The summed E-state index contributed by atoms with van der Waals surface area (Å²) < 4.78 is 1.37. The Morgan fingerprint density at radius 2 is 1.65 bits per heavy atom. The van der Waals surface area contributed by atoms with E-state index in [9.17, 15) is 14.4 Å². The normalized spacial score (nSPS) is 17.3. The number of halogens is 2. The number of hydrogen-bond donors (Lipinski definition) is 1. The second kappa shape index (κ2) is 10.0. The predicted octanol–water partition coefficient (Wildman–Crippen LogP) is 4.79. The molecule has 1 aromatic carbocycles. The van der Waals surface area contributed by atoms with Crippen molar-refractivity contribution in [1.82, 2.24) is 19.6 Å². The Morgan fingerprint density at radius 3 is 2.24 bits per heavy atom. The molecule has 0 spiro atoms. The topological polar surface area (TPSA) is 78.4 Å². The van der Waals surface area contributed by atoms with E-state index in [0.29, 0.717) is 46.6 Å². The number of carbonyl (C=O) groups is 2. The first-order valence-corrected chi connectivity index (χ1v) is 12.8. The summed E-state index contributed by atoms with van der Waals surface area (Å²) in [6.07, 6.45) is 5.19. The fourth-order valence-electron chi connectivity index (χ4n) is 5.07. The van der Waals surface area contributed by atoms with Crippen LogP contribution in [0.3, 0.4) is 0 Å². The number of aryl methyl sites for hydroxylation is 1. The zero-order valence-corrected chi connectivity index (χ0v) is 21.3. The lowest BCUT2D eigenvalue weighted by Crippen LogP contribution is -2.43. The van der Waals surface area contributed by atoms with Crippen LogP contribution in [-0.4, -0.2) is 50.5 Å². The maximum absolute atomic E-state index is 13.8. The van der Waals surface area contributed by atoms with Crippen LogP contribution in [0.4, 0.5) is 0 Å². The Labute approximate surface area is 209 Å². The number of benzene rings is 1. The number of likely N-dealkylation sites (N-methyl/N-ethyl adjacent to an activating group) is 1. The van der Waals surface area contributed by atoms with Crippen LogP contribution in [0.25, 0.3) is 11.3 Å². The Balaban J connectivity index is 1.91. The summed E-state index contributed by atoms with van der Waals surface area (Å²) in [4.78, 5) is 44.6. The highest BCUT2D eigenvalue weighted by atomic mass is 35.5. The van der Waals surface area contributed by atoms with E-state index < -0.39 is 0 Å². The van der Waals surface area contributed by atoms with Gasteiger partial charge in [0.05, 0.1) is 26.9 Å². The molecule has 0 saturated heterocycles. The summed E-state index contributed by atoms with van der Waals surface area (Å²) in [6, 6.07) is 4.78. The van der Waals surface area contributed by atoms with Crippen molar-refractivity contribution in [2.45, 2.75) is 65.3 Å². The van der Waals surface area contributed by atoms with Gasteiger partial charge >= 0.3 is 0 Å². The lowest BCUT2D eigenvalue weighted by molar-refractivity contribution is -0.141. The fourth-order valence-corrected chi connectivity index (χ4v) is 5.36. The van der Waals surface area contributed by atoms with Crippen LogP contribution >= 0.6 is 23.2 Å². The maximum atomic E-state index is 13.8. The van der Waals surface area contributed by atoms with Crippen LogP contribution in [0.2, 0.25) is 10.0 Å². The van der Waals surface area contributed by atoms with Gasteiger partial charge in [-0.2, -0.15) is 0 Å². The van der Waals surface area contributed by atoms with E-state index in [0.717, 1.165) is 32.1 Å². The van der Waals surface area contributed by atoms with E-state index in [4.69, 9.17) is 23.2 Å². The smallest absolute Gasteiger partial charge is 0.279 e. The van der Waals surface area contributed by atoms with Crippen molar-refractivity contribution in [3.8, 4) is 5.69 Å². The van der Waals surface area contributed by atoms with E-state index in [1.165, 1.54) is 9.58 Å². The molecule has 2 aromatic rings. The number of carbonyl (C=O) groups excluding carboxylic acids is 2. The van der Waals surface area contributed by atoms with E-state index >= 15 is 0 Å². The minimum Gasteiger partial charge on any atom is -0.367 e. The monoisotopic (exact) mass is 504 g/mol. The van der Waals surface area contributed by atoms with Gasteiger partial charge in [-0.25, -0.2) is 4.68 Å². The fraction of sp³-hybridized carbons (Fsp3) is 0.480. The van der Waals surface area contributed by atoms with Crippen LogP contribution < -0.4 is 5.56 Å². The second-order valence-corrected chi connectivity index (χ2v) is 9.54. The molecule has 7 nitrogen and oxygen atoms in total. The Morgan fingerprint density at radius 1 is 0.971 bits per heavy atom. The molecule has 0 radical (unpaired) electrons. The van der Waals surface area contributed by atoms with Gasteiger partial charge < -0.3 is 4.90 Å². The highest BCUT2D eigenvalue weighted by Gasteiger charge is 2.46. The van der Waals surface area contributed by atoms with Crippen molar-refractivity contribution in [1.29, 1.82) is 0 Å². The van der Waals surface area contributed by atoms with Crippen molar-refractivity contribution in [2.75, 3.05) is 13.1 Å². The molecule has 1 aromatic heterocycles. The van der Waals surface area contributed by atoms with E-state index in [-0.39, 0.29) is 34.6 Å². The molecule has 1 N–H and O–H groups in total. The predicted molar refractivity (Wildman–Crippen MR) is 134 cm³/mol. The average molecular weight is 505 g/mol. The number of rotatable bonds is 7. The standard InChI is InChI=1S/C25H30Cl2N4O3/c1-4-19-20(24(33)31(28-19)16-12-13-17(26)18(27)14-16)21-22(29(5-2)6-3)25(34)30(23(21)32)15-10-8-7-9-11-15/h12-15,28H,4-11H2,1-3H3. The molecule has 182 valence electrons. The number of hydrogen-bond acceptors (Lipinski definition) is 4. The third-order valence-corrected chi connectivity index (χ3v) is 7.58. The minimum absolute atomic E-state index is 0.127. The van der Waals surface area contributed by atoms with Gasteiger partial charge in [0.15, 0.2) is 0 Å². The molecule has 1 aliphatic carbocycles. The van der Waals surface area contributed by atoms with Gasteiger partial charge in [0, 0.05) is 24.8 Å². The number of amides is 2. The molecular weight excluding hydrogens is 475 g/mol. The van der Waals surface area contributed by atoms with Gasteiger partial charge in [-0.3, -0.25) is 24.4 Å². The lowest BCUT2D eigenvalue weighted by atomic mass is 9.94. The van der Waals surface area contributed by atoms with Crippen LogP contribution in [0.15, 0.2) is 28.7 Å².